The number of rotatable bonds is 9. The normalized spacial score (nSPS) is 13.8. The molecule has 0 heterocycles. The zero-order valence-corrected chi connectivity index (χ0v) is 16.4. The summed E-state index contributed by atoms with van der Waals surface area (Å²) in [7, 11) is 0. The summed E-state index contributed by atoms with van der Waals surface area (Å²) >= 11 is 1.46. The number of ether oxygens (including phenoxy) is 3. The molecule has 0 aromatic heterocycles. The van der Waals surface area contributed by atoms with E-state index in [1.54, 1.807) is 13.8 Å². The van der Waals surface area contributed by atoms with Gasteiger partial charge in [0.05, 0.1) is 13.2 Å². The van der Waals surface area contributed by atoms with Crippen molar-refractivity contribution in [3.8, 4) is 0 Å². The van der Waals surface area contributed by atoms with Crippen LogP contribution in [0.3, 0.4) is 0 Å². The Morgan fingerprint density at radius 2 is 1.50 bits per heavy atom. The fourth-order valence-electron chi connectivity index (χ4n) is 1.89. The number of esters is 2. The van der Waals surface area contributed by atoms with E-state index in [4.69, 9.17) is 9.47 Å². The van der Waals surface area contributed by atoms with Gasteiger partial charge in [0.1, 0.15) is 0 Å². The van der Waals surface area contributed by atoms with Crippen LogP contribution in [-0.2, 0) is 23.8 Å². The number of hydrogen-bond donors (Lipinski definition) is 0. The first-order chi connectivity index (χ1) is 11.1. The van der Waals surface area contributed by atoms with Crippen LogP contribution in [0, 0.1) is 5.41 Å². The van der Waals surface area contributed by atoms with Crippen LogP contribution in [0.2, 0.25) is 0 Å². The van der Waals surface area contributed by atoms with Gasteiger partial charge in [-0.25, -0.2) is 4.79 Å². The summed E-state index contributed by atoms with van der Waals surface area (Å²) in [5.74, 6) is -1.36. The summed E-state index contributed by atoms with van der Waals surface area (Å²) in [5, 5.41) is 0. The Morgan fingerprint density at radius 1 is 0.917 bits per heavy atom. The standard InChI is InChI=1S/C17H30O6S/c1-7-10-11-17(13(18)21-8-2,12-24-16(4,5)6)14(19)23-15(20)22-9-3/h7-12H2,1-6H3/t17-/m1/s1. The van der Waals surface area contributed by atoms with Crippen molar-refractivity contribution in [3.63, 3.8) is 0 Å². The van der Waals surface area contributed by atoms with Gasteiger partial charge >= 0.3 is 18.1 Å². The van der Waals surface area contributed by atoms with Crippen molar-refractivity contribution in [3.05, 3.63) is 0 Å². The molecular weight excluding hydrogens is 332 g/mol. The lowest BCUT2D eigenvalue weighted by atomic mass is 9.84. The lowest BCUT2D eigenvalue weighted by Gasteiger charge is -2.31. The molecule has 1 atom stereocenters. The number of unbranched alkanes of at least 4 members (excludes halogenated alkanes) is 1. The first-order valence-electron chi connectivity index (χ1n) is 8.33. The summed E-state index contributed by atoms with van der Waals surface area (Å²) in [6, 6.07) is 0. The Labute approximate surface area is 149 Å². The van der Waals surface area contributed by atoms with Crippen molar-refractivity contribution in [2.75, 3.05) is 19.0 Å². The topological polar surface area (TPSA) is 78.9 Å². The van der Waals surface area contributed by atoms with Gasteiger partial charge in [0.15, 0.2) is 5.41 Å². The molecule has 0 aromatic carbocycles. The monoisotopic (exact) mass is 362 g/mol. The predicted molar refractivity (Wildman–Crippen MR) is 93.9 cm³/mol. The van der Waals surface area contributed by atoms with Gasteiger partial charge in [-0.2, -0.15) is 11.8 Å². The third-order valence-corrected chi connectivity index (χ3v) is 4.71. The van der Waals surface area contributed by atoms with E-state index in [0.29, 0.717) is 6.42 Å². The molecular formula is C17H30O6S. The van der Waals surface area contributed by atoms with Crippen LogP contribution in [0.5, 0.6) is 0 Å². The van der Waals surface area contributed by atoms with Crippen LogP contribution in [0.4, 0.5) is 4.79 Å². The summed E-state index contributed by atoms with van der Waals surface area (Å²) in [4.78, 5) is 36.8. The Kier molecular flexibility index (Phi) is 10.0. The Balaban J connectivity index is 5.55. The summed E-state index contributed by atoms with van der Waals surface area (Å²) in [6.45, 7) is 11.5. The van der Waals surface area contributed by atoms with E-state index in [-0.39, 0.29) is 30.1 Å². The Hall–Kier alpha value is -1.24. The molecule has 0 spiro atoms. The highest BCUT2D eigenvalue weighted by molar-refractivity contribution is 8.00. The van der Waals surface area contributed by atoms with Gasteiger partial charge in [0, 0.05) is 10.5 Å². The minimum absolute atomic E-state index is 0.0875. The van der Waals surface area contributed by atoms with E-state index in [1.165, 1.54) is 11.8 Å². The van der Waals surface area contributed by atoms with Gasteiger partial charge in [-0.3, -0.25) is 9.59 Å². The second-order valence-corrected chi connectivity index (χ2v) is 8.18. The quantitative estimate of drug-likeness (QED) is 0.454. The van der Waals surface area contributed by atoms with Gasteiger partial charge in [-0.15, -0.1) is 0 Å². The van der Waals surface area contributed by atoms with Crippen LogP contribution in [0.1, 0.15) is 60.8 Å². The first kappa shape index (κ1) is 22.8. The number of carbonyl (C=O) groups is 3. The van der Waals surface area contributed by atoms with Crippen LogP contribution in [0.15, 0.2) is 0 Å². The van der Waals surface area contributed by atoms with E-state index in [9.17, 15) is 14.4 Å². The van der Waals surface area contributed by atoms with Crippen molar-refractivity contribution < 1.29 is 28.6 Å². The number of carbonyl (C=O) groups excluding carboxylic acids is 3. The van der Waals surface area contributed by atoms with Gasteiger partial charge < -0.3 is 14.2 Å². The molecule has 0 aliphatic heterocycles. The molecule has 0 aliphatic rings. The van der Waals surface area contributed by atoms with Crippen molar-refractivity contribution in [1.82, 2.24) is 0 Å². The van der Waals surface area contributed by atoms with E-state index < -0.39 is 23.5 Å². The molecule has 0 radical (unpaired) electrons. The molecule has 7 heteroatoms. The van der Waals surface area contributed by atoms with Crippen LogP contribution < -0.4 is 0 Å². The molecule has 0 rings (SSSR count). The number of hydrogen-bond acceptors (Lipinski definition) is 7. The fourth-order valence-corrected chi connectivity index (χ4v) is 2.95. The molecule has 6 nitrogen and oxygen atoms in total. The third kappa shape index (κ3) is 7.55. The highest BCUT2D eigenvalue weighted by Crippen LogP contribution is 2.37. The lowest BCUT2D eigenvalue weighted by molar-refractivity contribution is -0.168. The molecule has 0 saturated heterocycles. The van der Waals surface area contributed by atoms with E-state index >= 15 is 0 Å². The SMILES string of the molecule is CCCC[C@@](CSC(C)(C)C)(C(=O)OCC)C(=O)OC(=O)OCC. The first-order valence-corrected chi connectivity index (χ1v) is 9.31. The zero-order valence-electron chi connectivity index (χ0n) is 15.6. The fraction of sp³-hybridized carbons (Fsp3) is 0.824. The molecule has 0 aromatic rings. The smallest absolute Gasteiger partial charge is 0.465 e. The maximum Gasteiger partial charge on any atom is 0.516 e. The second-order valence-electron chi connectivity index (χ2n) is 6.38. The molecule has 0 aliphatic carbocycles. The average Bonchev–Trinajstić information content (AvgIpc) is 2.47. The maximum atomic E-state index is 12.7. The Bertz CT molecular complexity index is 429. The highest BCUT2D eigenvalue weighted by atomic mass is 32.2. The number of thioether (sulfide) groups is 1. The minimum atomic E-state index is -1.50. The largest absolute Gasteiger partial charge is 0.516 e. The van der Waals surface area contributed by atoms with Gasteiger partial charge in [-0.1, -0.05) is 40.5 Å². The predicted octanol–water partition coefficient (Wildman–Crippen LogP) is 3.96. The molecule has 0 bridgehead atoms. The zero-order chi connectivity index (χ0) is 18.8. The molecule has 0 saturated carbocycles. The van der Waals surface area contributed by atoms with Crippen LogP contribution in [0.25, 0.3) is 0 Å². The van der Waals surface area contributed by atoms with Gasteiger partial charge in [-0.05, 0) is 20.3 Å². The molecule has 0 amide bonds. The second kappa shape index (κ2) is 10.6. The van der Waals surface area contributed by atoms with Crippen LogP contribution in [-0.4, -0.2) is 41.8 Å². The Morgan fingerprint density at radius 3 is 1.96 bits per heavy atom. The van der Waals surface area contributed by atoms with E-state index in [2.05, 4.69) is 4.74 Å². The van der Waals surface area contributed by atoms with Crippen molar-refractivity contribution >= 4 is 29.9 Å². The van der Waals surface area contributed by atoms with Crippen molar-refractivity contribution in [2.45, 2.75) is 65.6 Å². The summed E-state index contributed by atoms with van der Waals surface area (Å²) in [5.41, 5.74) is -1.50. The van der Waals surface area contributed by atoms with Crippen molar-refractivity contribution in [2.24, 2.45) is 5.41 Å². The molecule has 140 valence electrons. The summed E-state index contributed by atoms with van der Waals surface area (Å²) < 4.78 is 14.4. The minimum Gasteiger partial charge on any atom is -0.465 e. The molecule has 0 N–H and O–H groups in total. The molecule has 0 unspecified atom stereocenters. The van der Waals surface area contributed by atoms with Gasteiger partial charge in [0.2, 0.25) is 0 Å². The molecule has 24 heavy (non-hydrogen) atoms. The van der Waals surface area contributed by atoms with E-state index in [0.717, 1.165) is 6.42 Å². The van der Waals surface area contributed by atoms with E-state index in [1.807, 2.05) is 27.7 Å². The van der Waals surface area contributed by atoms with Crippen LogP contribution >= 0.6 is 11.8 Å². The maximum absolute atomic E-state index is 12.7. The lowest BCUT2D eigenvalue weighted by Crippen LogP contribution is -2.45. The third-order valence-electron chi connectivity index (χ3n) is 3.20. The van der Waals surface area contributed by atoms with Gasteiger partial charge in [0.25, 0.3) is 0 Å². The summed E-state index contributed by atoms with van der Waals surface area (Å²) in [6.07, 6.45) is 0.618. The van der Waals surface area contributed by atoms with Crippen molar-refractivity contribution in [1.29, 1.82) is 0 Å². The average molecular weight is 362 g/mol. The highest BCUT2D eigenvalue weighted by Gasteiger charge is 2.50. The molecule has 0 fully saturated rings.